The topological polar surface area (TPSA) is 25.4 Å². The predicted octanol–water partition coefficient (Wildman–Crippen LogP) is 3.17. The average molecular weight is 280 g/mol. The molecular weight excluding hydrogens is 265 g/mol. The molecular formula is C11H15F3N2OS. The monoisotopic (exact) mass is 280 g/mol. The second kappa shape index (κ2) is 4.70. The van der Waals surface area contributed by atoms with E-state index in [1.54, 1.807) is 7.11 Å². The SMILES string of the molecule is COC1(C)CCCN(c2ncc(C(F)(F)F)s2)C1. The molecule has 1 saturated heterocycles. The molecule has 0 bridgehead atoms. The van der Waals surface area contributed by atoms with Crippen molar-refractivity contribution in [2.45, 2.75) is 31.5 Å². The van der Waals surface area contributed by atoms with Crippen molar-refractivity contribution in [1.82, 2.24) is 4.98 Å². The van der Waals surface area contributed by atoms with Crippen LogP contribution in [-0.4, -0.2) is 30.8 Å². The van der Waals surface area contributed by atoms with E-state index in [0.29, 0.717) is 23.0 Å². The third-order valence-corrected chi connectivity index (χ3v) is 4.30. The second-order valence-corrected chi connectivity index (χ2v) is 5.69. The first kappa shape index (κ1) is 13.6. The minimum atomic E-state index is -4.31. The highest BCUT2D eigenvalue weighted by Crippen LogP contribution is 2.37. The van der Waals surface area contributed by atoms with Crippen molar-refractivity contribution >= 4 is 16.5 Å². The molecule has 2 heterocycles. The summed E-state index contributed by atoms with van der Waals surface area (Å²) in [4.78, 5) is 5.09. The maximum Gasteiger partial charge on any atom is 0.427 e. The fraction of sp³-hybridized carbons (Fsp3) is 0.727. The summed E-state index contributed by atoms with van der Waals surface area (Å²) >= 11 is 0.692. The number of hydrogen-bond acceptors (Lipinski definition) is 4. The Hall–Kier alpha value is -0.820. The van der Waals surface area contributed by atoms with Crippen LogP contribution in [0.25, 0.3) is 0 Å². The van der Waals surface area contributed by atoms with Gasteiger partial charge in [0.25, 0.3) is 0 Å². The lowest BCUT2D eigenvalue weighted by Crippen LogP contribution is -2.47. The van der Waals surface area contributed by atoms with Crippen molar-refractivity contribution in [3.8, 4) is 0 Å². The van der Waals surface area contributed by atoms with Crippen LogP contribution in [-0.2, 0) is 10.9 Å². The number of ether oxygens (including phenoxy) is 1. The summed E-state index contributed by atoms with van der Waals surface area (Å²) in [5, 5.41) is 0.422. The van der Waals surface area contributed by atoms with Gasteiger partial charge in [-0.15, -0.1) is 0 Å². The Morgan fingerprint density at radius 3 is 2.78 bits per heavy atom. The van der Waals surface area contributed by atoms with Crippen LogP contribution in [0.3, 0.4) is 0 Å². The highest BCUT2D eigenvalue weighted by Gasteiger charge is 2.36. The molecule has 1 aliphatic rings. The molecule has 1 unspecified atom stereocenters. The van der Waals surface area contributed by atoms with Gasteiger partial charge in [-0.1, -0.05) is 11.3 Å². The van der Waals surface area contributed by atoms with Gasteiger partial charge >= 0.3 is 6.18 Å². The van der Waals surface area contributed by atoms with Crippen molar-refractivity contribution in [3.63, 3.8) is 0 Å². The number of alkyl halides is 3. The Labute approximate surface area is 108 Å². The average Bonchev–Trinajstić information content (AvgIpc) is 2.78. The molecule has 1 aromatic heterocycles. The van der Waals surface area contributed by atoms with Crippen molar-refractivity contribution < 1.29 is 17.9 Å². The van der Waals surface area contributed by atoms with E-state index < -0.39 is 11.1 Å². The Morgan fingerprint density at radius 1 is 1.50 bits per heavy atom. The van der Waals surface area contributed by atoms with Gasteiger partial charge in [0, 0.05) is 20.2 Å². The maximum absolute atomic E-state index is 12.5. The lowest BCUT2D eigenvalue weighted by Gasteiger charge is -2.39. The first-order valence-corrected chi connectivity index (χ1v) is 6.49. The molecule has 1 aliphatic heterocycles. The molecule has 0 spiro atoms. The molecule has 3 nitrogen and oxygen atoms in total. The Kier molecular flexibility index (Phi) is 3.55. The van der Waals surface area contributed by atoms with E-state index in [0.717, 1.165) is 25.6 Å². The smallest absolute Gasteiger partial charge is 0.377 e. The normalized spacial score (nSPS) is 25.5. The van der Waals surface area contributed by atoms with Crippen LogP contribution in [0.4, 0.5) is 18.3 Å². The summed E-state index contributed by atoms with van der Waals surface area (Å²) in [6.45, 7) is 3.27. The van der Waals surface area contributed by atoms with Crippen LogP contribution < -0.4 is 4.90 Å². The fourth-order valence-electron chi connectivity index (χ4n) is 2.08. The summed E-state index contributed by atoms with van der Waals surface area (Å²) in [5.41, 5.74) is -0.303. The fourth-order valence-corrected chi connectivity index (χ4v) is 2.89. The third kappa shape index (κ3) is 2.77. The lowest BCUT2D eigenvalue weighted by atomic mass is 9.95. The van der Waals surface area contributed by atoms with Crippen molar-refractivity contribution in [1.29, 1.82) is 0 Å². The minimum Gasteiger partial charge on any atom is -0.377 e. The molecule has 7 heteroatoms. The molecule has 0 amide bonds. The van der Waals surface area contributed by atoms with E-state index in [9.17, 15) is 13.2 Å². The van der Waals surface area contributed by atoms with E-state index in [1.165, 1.54) is 0 Å². The van der Waals surface area contributed by atoms with Gasteiger partial charge in [0.1, 0.15) is 4.88 Å². The zero-order valence-electron chi connectivity index (χ0n) is 10.3. The first-order chi connectivity index (χ1) is 8.34. The van der Waals surface area contributed by atoms with E-state index in [2.05, 4.69) is 4.98 Å². The van der Waals surface area contributed by atoms with Crippen LogP contribution in [0, 0.1) is 0 Å². The van der Waals surface area contributed by atoms with Crippen LogP contribution in [0.1, 0.15) is 24.6 Å². The van der Waals surface area contributed by atoms with E-state index in [-0.39, 0.29) is 5.60 Å². The Morgan fingerprint density at radius 2 is 2.22 bits per heavy atom. The zero-order valence-corrected chi connectivity index (χ0v) is 11.1. The summed E-state index contributed by atoms with van der Waals surface area (Å²) in [5.74, 6) is 0. The molecule has 0 N–H and O–H groups in total. The van der Waals surface area contributed by atoms with Gasteiger partial charge in [0.15, 0.2) is 5.13 Å². The molecule has 1 fully saturated rings. The van der Waals surface area contributed by atoms with Gasteiger partial charge < -0.3 is 9.64 Å². The number of halogens is 3. The molecule has 0 aromatic carbocycles. The van der Waals surface area contributed by atoms with Gasteiger partial charge in [0.2, 0.25) is 0 Å². The van der Waals surface area contributed by atoms with Gasteiger partial charge in [-0.05, 0) is 19.8 Å². The van der Waals surface area contributed by atoms with Crippen molar-refractivity contribution in [2.24, 2.45) is 0 Å². The third-order valence-electron chi connectivity index (χ3n) is 3.20. The van der Waals surface area contributed by atoms with Crippen LogP contribution >= 0.6 is 11.3 Å². The number of thiazole rings is 1. The highest BCUT2D eigenvalue weighted by molar-refractivity contribution is 7.15. The predicted molar refractivity (Wildman–Crippen MR) is 64.0 cm³/mol. The summed E-state index contributed by atoms with van der Waals surface area (Å²) < 4.78 is 43.0. The minimum absolute atomic E-state index is 0.303. The first-order valence-electron chi connectivity index (χ1n) is 5.67. The largest absolute Gasteiger partial charge is 0.427 e. The summed E-state index contributed by atoms with van der Waals surface area (Å²) in [7, 11) is 1.63. The van der Waals surface area contributed by atoms with Gasteiger partial charge in [-0.3, -0.25) is 0 Å². The van der Waals surface area contributed by atoms with Gasteiger partial charge in [-0.25, -0.2) is 4.98 Å². The van der Waals surface area contributed by atoms with Gasteiger partial charge in [-0.2, -0.15) is 13.2 Å². The van der Waals surface area contributed by atoms with E-state index >= 15 is 0 Å². The van der Waals surface area contributed by atoms with E-state index in [4.69, 9.17) is 4.74 Å². The Balaban J connectivity index is 2.14. The van der Waals surface area contributed by atoms with Crippen LogP contribution in [0.15, 0.2) is 6.20 Å². The number of hydrogen-bond donors (Lipinski definition) is 0. The number of nitrogens with zero attached hydrogens (tertiary/aromatic N) is 2. The van der Waals surface area contributed by atoms with Crippen LogP contribution in [0.5, 0.6) is 0 Å². The molecule has 0 aliphatic carbocycles. The zero-order chi connectivity index (χ0) is 13.4. The molecule has 18 heavy (non-hydrogen) atoms. The molecule has 102 valence electrons. The molecule has 1 atom stereocenters. The number of anilines is 1. The molecule has 0 saturated carbocycles. The summed E-state index contributed by atoms with van der Waals surface area (Å²) in [6, 6.07) is 0. The summed E-state index contributed by atoms with van der Waals surface area (Å²) in [6.07, 6.45) is -1.60. The van der Waals surface area contributed by atoms with Crippen molar-refractivity contribution in [2.75, 3.05) is 25.1 Å². The van der Waals surface area contributed by atoms with Crippen molar-refractivity contribution in [3.05, 3.63) is 11.1 Å². The standard InChI is InChI=1S/C11H15F3N2OS/c1-10(17-2)4-3-5-16(7-10)9-15-6-8(18-9)11(12,13)14/h6H,3-5,7H2,1-2H3. The second-order valence-electron chi connectivity index (χ2n) is 4.68. The number of rotatable bonds is 2. The molecule has 2 rings (SSSR count). The Bertz CT molecular complexity index is 421. The lowest BCUT2D eigenvalue weighted by molar-refractivity contribution is -0.134. The van der Waals surface area contributed by atoms with Gasteiger partial charge in [0.05, 0.1) is 11.8 Å². The maximum atomic E-state index is 12.5. The number of aromatic nitrogens is 1. The van der Waals surface area contributed by atoms with Crippen LogP contribution in [0.2, 0.25) is 0 Å². The number of piperidine rings is 1. The molecule has 0 radical (unpaired) electrons. The highest BCUT2D eigenvalue weighted by atomic mass is 32.1. The van der Waals surface area contributed by atoms with E-state index in [1.807, 2.05) is 11.8 Å². The quantitative estimate of drug-likeness (QED) is 0.832. The number of methoxy groups -OCH3 is 1. The molecule has 1 aromatic rings.